The molecule has 1 N–H and O–H groups in total. The Morgan fingerprint density at radius 3 is 2.69 bits per heavy atom. The van der Waals surface area contributed by atoms with Crippen molar-refractivity contribution in [3.8, 4) is 0 Å². The lowest BCUT2D eigenvalue weighted by Gasteiger charge is -2.52. The number of aromatic nitrogens is 1. The summed E-state index contributed by atoms with van der Waals surface area (Å²) >= 11 is 0. The summed E-state index contributed by atoms with van der Waals surface area (Å²) in [4.78, 5) is 14.9. The van der Waals surface area contributed by atoms with Gasteiger partial charge >= 0.3 is 0 Å². The van der Waals surface area contributed by atoms with Crippen molar-refractivity contribution in [2.24, 2.45) is 5.92 Å². The van der Waals surface area contributed by atoms with Gasteiger partial charge in [0.05, 0.1) is 5.60 Å². The van der Waals surface area contributed by atoms with Crippen molar-refractivity contribution in [2.45, 2.75) is 43.7 Å². The quantitative estimate of drug-likeness (QED) is 0.667. The van der Waals surface area contributed by atoms with Gasteiger partial charge < -0.3 is 15.2 Å². The molecule has 1 aliphatic heterocycles. The molecule has 2 fully saturated rings. The van der Waals surface area contributed by atoms with Crippen molar-refractivity contribution in [3.63, 3.8) is 0 Å². The van der Waals surface area contributed by atoms with Crippen molar-refractivity contribution in [1.29, 1.82) is 0 Å². The fourth-order valence-corrected chi connectivity index (χ4v) is 4.77. The van der Waals surface area contributed by atoms with Gasteiger partial charge in [0.15, 0.2) is 12.4 Å². The smallest absolute Gasteiger partial charge is 0.260 e. The first-order valence-corrected chi connectivity index (χ1v) is 9.37. The first kappa shape index (κ1) is 17.0. The van der Waals surface area contributed by atoms with Crippen LogP contribution in [0.3, 0.4) is 0 Å². The van der Waals surface area contributed by atoms with E-state index in [4.69, 9.17) is 0 Å². The highest BCUT2D eigenvalue weighted by Crippen LogP contribution is 2.47. The zero-order chi connectivity index (χ0) is 18.1. The third-order valence-electron chi connectivity index (χ3n) is 6.03. The molecule has 4 rings (SSSR count). The molecule has 0 radical (unpaired) electrons. The Balaban J connectivity index is 1.66. The van der Waals surface area contributed by atoms with E-state index in [1.165, 1.54) is 12.4 Å². The van der Waals surface area contributed by atoms with E-state index in [0.29, 0.717) is 23.3 Å². The number of aliphatic hydroxyl groups is 1. The highest BCUT2D eigenvalue weighted by atomic mass is 16.5. The van der Waals surface area contributed by atoms with Gasteiger partial charge in [-0.2, -0.15) is 4.73 Å². The van der Waals surface area contributed by atoms with Crippen LogP contribution < -0.4 is 4.73 Å². The molecule has 0 spiro atoms. The molecular formula is C21H24N2O3. The SMILES string of the molecule is O=C(c1ccc[n+]([O-])c1)N1CC[C@](O)(c2ccccc2)[C@H]2CCCC[C@H]21. The number of benzene rings is 1. The Morgan fingerprint density at radius 1 is 1.15 bits per heavy atom. The van der Waals surface area contributed by atoms with E-state index in [2.05, 4.69) is 0 Å². The number of hydrogen-bond acceptors (Lipinski definition) is 3. The second-order valence-electron chi connectivity index (χ2n) is 7.45. The van der Waals surface area contributed by atoms with E-state index in [-0.39, 0.29) is 17.9 Å². The summed E-state index contributed by atoms with van der Waals surface area (Å²) in [6.45, 7) is 0.499. The van der Waals surface area contributed by atoms with Crippen LogP contribution in [0.1, 0.15) is 48.0 Å². The highest BCUT2D eigenvalue weighted by Gasteiger charge is 2.50. The average Bonchev–Trinajstić information content (AvgIpc) is 2.69. The van der Waals surface area contributed by atoms with E-state index in [1.54, 1.807) is 12.1 Å². The lowest BCUT2D eigenvalue weighted by Crippen LogP contribution is -2.59. The molecule has 5 heteroatoms. The van der Waals surface area contributed by atoms with Gasteiger partial charge in [-0.3, -0.25) is 4.79 Å². The molecule has 2 aromatic rings. The first-order chi connectivity index (χ1) is 12.6. The highest BCUT2D eigenvalue weighted by molar-refractivity contribution is 5.94. The van der Waals surface area contributed by atoms with E-state index >= 15 is 0 Å². The summed E-state index contributed by atoms with van der Waals surface area (Å²) < 4.78 is 0.663. The van der Waals surface area contributed by atoms with Crippen LogP contribution in [-0.2, 0) is 5.60 Å². The van der Waals surface area contributed by atoms with E-state index in [9.17, 15) is 15.1 Å². The largest absolute Gasteiger partial charge is 0.619 e. The van der Waals surface area contributed by atoms with E-state index < -0.39 is 5.60 Å². The van der Waals surface area contributed by atoms with Crippen molar-refractivity contribution in [2.75, 3.05) is 6.54 Å². The standard InChI is InChI=1S/C21H24N2O3/c24-20(16-7-6-13-22(26)15-16)23-14-12-21(25,17-8-2-1-3-9-17)18-10-4-5-11-19(18)23/h1-3,6-9,13,15,18-19,25H,4-5,10-12,14H2/t18-,19+,21-/m0/s1. The number of carbonyl (C=O) groups is 1. The Labute approximate surface area is 153 Å². The molecular weight excluding hydrogens is 328 g/mol. The topological polar surface area (TPSA) is 67.5 Å². The van der Waals surface area contributed by atoms with Gasteiger partial charge in [-0.15, -0.1) is 0 Å². The molecule has 0 unspecified atom stereocenters. The summed E-state index contributed by atoms with van der Waals surface area (Å²) in [7, 11) is 0. The third kappa shape index (κ3) is 2.86. The first-order valence-electron chi connectivity index (χ1n) is 9.37. The lowest BCUT2D eigenvalue weighted by atomic mass is 9.66. The fourth-order valence-electron chi connectivity index (χ4n) is 4.77. The van der Waals surface area contributed by atoms with Gasteiger partial charge in [-0.05, 0) is 30.9 Å². The van der Waals surface area contributed by atoms with Gasteiger partial charge in [0, 0.05) is 24.6 Å². The number of rotatable bonds is 2. The maximum absolute atomic E-state index is 13.0. The predicted molar refractivity (Wildman–Crippen MR) is 97.1 cm³/mol. The lowest BCUT2D eigenvalue weighted by molar-refractivity contribution is -0.605. The van der Waals surface area contributed by atoms with Crippen molar-refractivity contribution in [3.05, 3.63) is 71.2 Å². The second-order valence-corrected chi connectivity index (χ2v) is 7.45. The number of fused-ring (bicyclic) bond motifs is 1. The number of pyridine rings is 1. The number of carbonyl (C=O) groups excluding carboxylic acids is 1. The van der Waals surface area contributed by atoms with Crippen LogP contribution >= 0.6 is 0 Å². The third-order valence-corrected chi connectivity index (χ3v) is 6.03. The minimum atomic E-state index is -0.891. The molecule has 136 valence electrons. The Hall–Kier alpha value is -2.40. The molecule has 1 saturated heterocycles. The van der Waals surface area contributed by atoms with Crippen LogP contribution in [0.5, 0.6) is 0 Å². The normalized spacial score (nSPS) is 28.4. The van der Waals surface area contributed by atoms with Gasteiger partial charge in [0.25, 0.3) is 5.91 Å². The van der Waals surface area contributed by atoms with Gasteiger partial charge in [0.1, 0.15) is 5.56 Å². The molecule has 2 aliphatic rings. The molecule has 26 heavy (non-hydrogen) atoms. The zero-order valence-electron chi connectivity index (χ0n) is 14.8. The van der Waals surface area contributed by atoms with Gasteiger partial charge in [-0.25, -0.2) is 0 Å². The number of piperidine rings is 1. The maximum atomic E-state index is 13.0. The Morgan fingerprint density at radius 2 is 1.92 bits per heavy atom. The van der Waals surface area contributed by atoms with Crippen molar-refractivity contribution in [1.82, 2.24) is 4.90 Å². The second kappa shape index (κ2) is 6.72. The van der Waals surface area contributed by atoms with Crippen LogP contribution in [0, 0.1) is 11.1 Å². The van der Waals surface area contributed by atoms with Crippen LogP contribution in [0.25, 0.3) is 0 Å². The molecule has 3 atom stereocenters. The molecule has 2 heterocycles. The number of likely N-dealkylation sites (tertiary alicyclic amines) is 1. The van der Waals surface area contributed by atoms with Crippen LogP contribution in [-0.4, -0.2) is 28.5 Å². The molecule has 1 aromatic carbocycles. The average molecular weight is 352 g/mol. The van der Waals surface area contributed by atoms with Crippen molar-refractivity contribution < 1.29 is 14.6 Å². The minimum absolute atomic E-state index is 0.00974. The molecule has 0 bridgehead atoms. The maximum Gasteiger partial charge on any atom is 0.260 e. The molecule has 1 saturated carbocycles. The monoisotopic (exact) mass is 352 g/mol. The fraction of sp³-hybridized carbons (Fsp3) is 0.429. The van der Waals surface area contributed by atoms with Crippen LogP contribution in [0.2, 0.25) is 0 Å². The predicted octanol–water partition coefficient (Wildman–Crippen LogP) is 2.61. The number of hydrogen-bond donors (Lipinski definition) is 1. The summed E-state index contributed by atoms with van der Waals surface area (Å²) in [5.74, 6) is -0.0818. The molecule has 1 aliphatic carbocycles. The molecule has 1 amide bonds. The Kier molecular flexibility index (Phi) is 4.41. The summed E-state index contributed by atoms with van der Waals surface area (Å²) in [6, 6.07) is 13.1. The summed E-state index contributed by atoms with van der Waals surface area (Å²) in [6.07, 6.45) is 7.18. The summed E-state index contributed by atoms with van der Waals surface area (Å²) in [5.41, 5.74) is 0.469. The van der Waals surface area contributed by atoms with E-state index in [0.717, 1.165) is 31.2 Å². The van der Waals surface area contributed by atoms with Crippen molar-refractivity contribution >= 4 is 5.91 Å². The van der Waals surface area contributed by atoms with Gasteiger partial charge in [0.2, 0.25) is 0 Å². The minimum Gasteiger partial charge on any atom is -0.619 e. The Bertz CT molecular complexity index is 795. The molecule has 5 nitrogen and oxygen atoms in total. The van der Waals surface area contributed by atoms with E-state index in [1.807, 2.05) is 35.2 Å². The number of nitrogens with zero attached hydrogens (tertiary/aromatic N) is 2. The van der Waals surface area contributed by atoms with Crippen LogP contribution in [0.4, 0.5) is 0 Å². The number of amides is 1. The molecule has 1 aromatic heterocycles. The summed E-state index contributed by atoms with van der Waals surface area (Å²) in [5, 5.41) is 23.1. The zero-order valence-corrected chi connectivity index (χ0v) is 14.8. The van der Waals surface area contributed by atoms with Crippen LogP contribution in [0.15, 0.2) is 54.9 Å². The van der Waals surface area contributed by atoms with Gasteiger partial charge in [-0.1, -0.05) is 43.2 Å².